The van der Waals surface area contributed by atoms with Gasteiger partial charge in [-0.15, -0.1) is 0 Å². The van der Waals surface area contributed by atoms with Gasteiger partial charge >= 0.3 is 6.09 Å². The first kappa shape index (κ1) is 17.3. The SMILES string of the molecule is CNC(=O)c1c(-c2ccccc2)c(C(C)NC(=O)O)nc2ncccc12. The highest BCUT2D eigenvalue weighted by Gasteiger charge is 2.25. The molecule has 2 heterocycles. The van der Waals surface area contributed by atoms with Gasteiger partial charge in [-0.3, -0.25) is 4.79 Å². The molecule has 0 bridgehead atoms. The summed E-state index contributed by atoms with van der Waals surface area (Å²) in [5.41, 5.74) is 2.62. The molecule has 0 spiro atoms. The zero-order valence-corrected chi connectivity index (χ0v) is 14.4. The zero-order valence-electron chi connectivity index (χ0n) is 14.4. The fourth-order valence-corrected chi connectivity index (χ4v) is 2.94. The Hall–Kier alpha value is -3.48. The van der Waals surface area contributed by atoms with Crippen molar-refractivity contribution in [3.8, 4) is 11.1 Å². The third-order valence-electron chi connectivity index (χ3n) is 4.06. The van der Waals surface area contributed by atoms with E-state index in [-0.39, 0.29) is 5.91 Å². The second-order valence-electron chi connectivity index (χ2n) is 5.74. The Kier molecular flexibility index (Phi) is 4.79. The lowest BCUT2D eigenvalue weighted by Gasteiger charge is -2.20. The molecule has 3 N–H and O–H groups in total. The number of aromatic nitrogens is 2. The summed E-state index contributed by atoms with van der Waals surface area (Å²) in [6.45, 7) is 1.69. The molecule has 0 aliphatic carbocycles. The van der Waals surface area contributed by atoms with Crippen LogP contribution in [0.3, 0.4) is 0 Å². The first-order valence-electron chi connectivity index (χ1n) is 8.08. The lowest BCUT2D eigenvalue weighted by molar-refractivity contribution is 0.0965. The first-order valence-corrected chi connectivity index (χ1v) is 8.08. The van der Waals surface area contributed by atoms with Crippen molar-refractivity contribution in [3.05, 3.63) is 59.9 Å². The maximum absolute atomic E-state index is 12.7. The zero-order chi connectivity index (χ0) is 18.7. The van der Waals surface area contributed by atoms with Crippen molar-refractivity contribution in [2.45, 2.75) is 13.0 Å². The standard InChI is InChI=1S/C19H18N4O3/c1-11(22-19(25)26)16-14(12-7-4-3-5-8-12)15(18(24)20-2)13-9-6-10-21-17(13)23-16/h3-11,22H,1-2H3,(H,20,24)(H,25,26). The number of fused-ring (bicyclic) bond motifs is 1. The highest BCUT2D eigenvalue weighted by atomic mass is 16.4. The van der Waals surface area contributed by atoms with Gasteiger partial charge in [-0.2, -0.15) is 0 Å². The Bertz CT molecular complexity index is 973. The van der Waals surface area contributed by atoms with Crippen LogP contribution >= 0.6 is 0 Å². The van der Waals surface area contributed by atoms with E-state index in [4.69, 9.17) is 5.11 Å². The van der Waals surface area contributed by atoms with Crippen LogP contribution in [0, 0.1) is 0 Å². The molecule has 26 heavy (non-hydrogen) atoms. The summed E-state index contributed by atoms with van der Waals surface area (Å²) >= 11 is 0. The number of carboxylic acid groups (broad SMARTS) is 1. The summed E-state index contributed by atoms with van der Waals surface area (Å²) in [7, 11) is 1.55. The fourth-order valence-electron chi connectivity index (χ4n) is 2.94. The molecule has 7 heteroatoms. The van der Waals surface area contributed by atoms with Gasteiger partial charge in [0, 0.05) is 24.2 Å². The van der Waals surface area contributed by atoms with Gasteiger partial charge in [0.15, 0.2) is 5.65 Å². The summed E-state index contributed by atoms with van der Waals surface area (Å²) in [6, 6.07) is 12.2. The number of amides is 2. The first-order chi connectivity index (χ1) is 12.5. The number of pyridine rings is 2. The molecule has 0 aliphatic rings. The van der Waals surface area contributed by atoms with E-state index in [2.05, 4.69) is 20.6 Å². The average molecular weight is 350 g/mol. The van der Waals surface area contributed by atoms with E-state index >= 15 is 0 Å². The molecule has 1 atom stereocenters. The molecule has 0 saturated heterocycles. The van der Waals surface area contributed by atoms with Gasteiger partial charge in [-0.05, 0) is 24.6 Å². The van der Waals surface area contributed by atoms with Crippen LogP contribution < -0.4 is 10.6 Å². The molecule has 2 aromatic heterocycles. The van der Waals surface area contributed by atoms with Crippen molar-refractivity contribution >= 4 is 23.0 Å². The van der Waals surface area contributed by atoms with Crippen LogP contribution in [0.4, 0.5) is 4.79 Å². The number of benzene rings is 1. The number of nitrogens with zero attached hydrogens (tertiary/aromatic N) is 2. The van der Waals surface area contributed by atoms with Crippen LogP contribution in [0.1, 0.15) is 29.0 Å². The highest BCUT2D eigenvalue weighted by Crippen LogP contribution is 2.34. The van der Waals surface area contributed by atoms with Crippen LogP contribution in [0.15, 0.2) is 48.7 Å². The van der Waals surface area contributed by atoms with E-state index in [1.54, 1.807) is 32.3 Å². The Morgan fingerprint density at radius 3 is 2.50 bits per heavy atom. The van der Waals surface area contributed by atoms with Crippen LogP contribution in [-0.4, -0.2) is 34.1 Å². The molecular formula is C19H18N4O3. The Morgan fingerprint density at radius 2 is 1.85 bits per heavy atom. The maximum atomic E-state index is 12.7. The molecule has 132 valence electrons. The fraction of sp³-hybridized carbons (Fsp3) is 0.158. The second-order valence-corrected chi connectivity index (χ2v) is 5.74. The minimum atomic E-state index is -1.17. The lowest BCUT2D eigenvalue weighted by atomic mass is 9.92. The van der Waals surface area contributed by atoms with E-state index in [0.717, 1.165) is 5.56 Å². The van der Waals surface area contributed by atoms with E-state index in [9.17, 15) is 9.59 Å². The van der Waals surface area contributed by atoms with Gasteiger partial charge in [0.1, 0.15) is 0 Å². The normalized spacial score (nSPS) is 11.8. The summed E-state index contributed by atoms with van der Waals surface area (Å²) in [6.07, 6.45) is 0.422. The van der Waals surface area contributed by atoms with Crippen LogP contribution in [0.5, 0.6) is 0 Å². The lowest BCUT2D eigenvalue weighted by Crippen LogP contribution is -2.27. The smallest absolute Gasteiger partial charge is 0.405 e. The molecule has 0 radical (unpaired) electrons. The van der Waals surface area contributed by atoms with Gasteiger partial charge in [-0.25, -0.2) is 14.8 Å². The molecule has 0 saturated carbocycles. The minimum absolute atomic E-state index is 0.284. The third-order valence-corrected chi connectivity index (χ3v) is 4.06. The molecule has 2 amide bonds. The number of hydrogen-bond acceptors (Lipinski definition) is 4. The van der Waals surface area contributed by atoms with Crippen molar-refractivity contribution in [2.24, 2.45) is 0 Å². The van der Waals surface area contributed by atoms with E-state index in [0.29, 0.717) is 27.9 Å². The van der Waals surface area contributed by atoms with E-state index in [1.165, 1.54) is 0 Å². The van der Waals surface area contributed by atoms with Crippen molar-refractivity contribution in [1.82, 2.24) is 20.6 Å². The summed E-state index contributed by atoms with van der Waals surface area (Å²) in [5.74, 6) is -0.284. The van der Waals surface area contributed by atoms with Gasteiger partial charge < -0.3 is 15.7 Å². The number of nitrogens with one attached hydrogen (secondary N) is 2. The summed E-state index contributed by atoms with van der Waals surface area (Å²) < 4.78 is 0. The number of hydrogen-bond donors (Lipinski definition) is 3. The second kappa shape index (κ2) is 7.18. The van der Waals surface area contributed by atoms with Crippen molar-refractivity contribution in [2.75, 3.05) is 7.05 Å². The number of carbonyl (C=O) groups excluding carboxylic acids is 1. The van der Waals surface area contributed by atoms with Gasteiger partial charge in [-0.1, -0.05) is 30.3 Å². The molecule has 3 aromatic rings. The molecule has 3 rings (SSSR count). The minimum Gasteiger partial charge on any atom is -0.465 e. The van der Waals surface area contributed by atoms with Crippen molar-refractivity contribution < 1.29 is 14.7 Å². The highest BCUT2D eigenvalue weighted by molar-refractivity contribution is 6.11. The van der Waals surface area contributed by atoms with Gasteiger partial charge in [0.25, 0.3) is 5.91 Å². The molecular weight excluding hydrogens is 332 g/mol. The summed E-state index contributed by atoms with van der Waals surface area (Å²) in [5, 5.41) is 14.8. The molecule has 7 nitrogen and oxygen atoms in total. The monoisotopic (exact) mass is 350 g/mol. The van der Waals surface area contributed by atoms with Gasteiger partial charge in [0.2, 0.25) is 0 Å². The average Bonchev–Trinajstić information content (AvgIpc) is 2.66. The largest absolute Gasteiger partial charge is 0.465 e. The van der Waals surface area contributed by atoms with Crippen molar-refractivity contribution in [1.29, 1.82) is 0 Å². The molecule has 0 fully saturated rings. The Labute approximate surface area is 150 Å². The predicted octanol–water partition coefficient (Wildman–Crippen LogP) is 2.99. The topological polar surface area (TPSA) is 104 Å². The molecule has 0 aliphatic heterocycles. The maximum Gasteiger partial charge on any atom is 0.405 e. The number of carbonyl (C=O) groups is 2. The Balaban J connectivity index is 2.41. The van der Waals surface area contributed by atoms with E-state index in [1.807, 2.05) is 30.3 Å². The quantitative estimate of drug-likeness (QED) is 0.671. The summed E-state index contributed by atoms with van der Waals surface area (Å²) in [4.78, 5) is 32.7. The van der Waals surface area contributed by atoms with E-state index < -0.39 is 12.1 Å². The predicted molar refractivity (Wildman–Crippen MR) is 97.9 cm³/mol. The Morgan fingerprint density at radius 1 is 1.12 bits per heavy atom. The molecule has 1 unspecified atom stereocenters. The van der Waals surface area contributed by atoms with Crippen molar-refractivity contribution in [3.63, 3.8) is 0 Å². The molecule has 1 aromatic carbocycles. The van der Waals surface area contributed by atoms with Crippen LogP contribution in [0.25, 0.3) is 22.2 Å². The number of rotatable bonds is 4. The van der Waals surface area contributed by atoms with Crippen LogP contribution in [0.2, 0.25) is 0 Å². The third kappa shape index (κ3) is 3.19. The van der Waals surface area contributed by atoms with Crippen LogP contribution in [-0.2, 0) is 0 Å². The van der Waals surface area contributed by atoms with Gasteiger partial charge in [0.05, 0.1) is 17.3 Å².